The summed E-state index contributed by atoms with van der Waals surface area (Å²) in [4.78, 5) is 49.0. The molecule has 2 unspecified atom stereocenters. The number of aliphatic hydroxyl groups is 1. The Morgan fingerprint density at radius 3 is 2.44 bits per heavy atom. The summed E-state index contributed by atoms with van der Waals surface area (Å²) < 4.78 is -0.664. The second kappa shape index (κ2) is 12.7. The topological polar surface area (TPSA) is 81.2 Å². The Bertz CT molecular complexity index is 1130. The molecule has 0 aromatic heterocycles. The van der Waals surface area contributed by atoms with Crippen molar-refractivity contribution in [3.8, 4) is 0 Å². The van der Waals surface area contributed by atoms with Gasteiger partial charge < -0.3 is 19.8 Å². The maximum atomic E-state index is 14.7. The first-order chi connectivity index (χ1) is 19.9. The van der Waals surface area contributed by atoms with E-state index in [2.05, 4.69) is 13.2 Å². The van der Waals surface area contributed by atoms with Crippen LogP contribution >= 0.6 is 11.8 Å². The molecule has 3 amide bonds. The Morgan fingerprint density at radius 2 is 1.80 bits per heavy atom. The lowest BCUT2D eigenvalue weighted by atomic mass is 9.70. The number of nitrogens with zero attached hydrogens (tertiary/aromatic N) is 3. The van der Waals surface area contributed by atoms with E-state index < -0.39 is 28.7 Å². The van der Waals surface area contributed by atoms with Gasteiger partial charge in [0.05, 0.1) is 29.2 Å². The molecule has 222 valence electrons. The third-order valence-corrected chi connectivity index (χ3v) is 11.8. The first-order valence-electron chi connectivity index (χ1n) is 15.4. The zero-order valence-electron chi connectivity index (χ0n) is 24.3. The summed E-state index contributed by atoms with van der Waals surface area (Å²) in [6, 6.07) is 8.87. The van der Waals surface area contributed by atoms with Crippen molar-refractivity contribution in [1.29, 1.82) is 0 Å². The average Bonchev–Trinajstić information content (AvgIpc) is 3.64. The minimum absolute atomic E-state index is 0.00581. The van der Waals surface area contributed by atoms with Crippen molar-refractivity contribution in [2.45, 2.75) is 93.0 Å². The molecule has 41 heavy (non-hydrogen) atoms. The molecule has 4 fully saturated rings. The van der Waals surface area contributed by atoms with Crippen LogP contribution in [-0.2, 0) is 20.9 Å². The maximum absolute atomic E-state index is 14.7. The number of rotatable bonds is 12. The van der Waals surface area contributed by atoms with Gasteiger partial charge in [-0.15, -0.1) is 24.9 Å². The van der Waals surface area contributed by atoms with Crippen LogP contribution in [0, 0.1) is 11.8 Å². The lowest BCUT2D eigenvalue weighted by Gasteiger charge is -2.42. The van der Waals surface area contributed by atoms with Gasteiger partial charge in [0, 0.05) is 30.9 Å². The molecule has 5 rings (SSSR count). The van der Waals surface area contributed by atoms with Crippen LogP contribution in [0.15, 0.2) is 55.6 Å². The molecule has 4 aliphatic rings. The Morgan fingerprint density at radius 1 is 1.10 bits per heavy atom. The molecule has 7 nitrogen and oxygen atoms in total. The standard InChI is InChI=1S/C33H45N3O4S/c1-4-19-34(21-23-13-9-7-10-14-23)30(38)27-26-17-18-33(41-26)28(27)31(39)36(24(6-3)22-37)29(33)32(40)35(20-5-2)25-15-11-8-12-16-25/h4-5,7,9-10,13-14,24-29,37H,1-2,6,8,11-12,15-22H2,3H3/t24-,26-,27+,28-,29?,33?/m0/s1. The van der Waals surface area contributed by atoms with E-state index >= 15 is 0 Å². The number of amides is 3. The number of likely N-dealkylation sites (tertiary alicyclic amines) is 1. The van der Waals surface area contributed by atoms with Crippen LogP contribution in [0.25, 0.3) is 0 Å². The van der Waals surface area contributed by atoms with Crippen LogP contribution in [0.5, 0.6) is 0 Å². The summed E-state index contributed by atoms with van der Waals surface area (Å²) >= 11 is 1.70. The third-order valence-electron chi connectivity index (χ3n) is 9.83. The predicted molar refractivity (Wildman–Crippen MR) is 163 cm³/mol. The van der Waals surface area contributed by atoms with E-state index in [0.29, 0.717) is 26.1 Å². The second-order valence-electron chi connectivity index (χ2n) is 12.1. The summed E-state index contributed by atoms with van der Waals surface area (Å²) in [5.41, 5.74) is 1.03. The molecule has 0 radical (unpaired) electrons. The summed E-state index contributed by atoms with van der Waals surface area (Å²) in [6.07, 6.45) is 10.9. The minimum Gasteiger partial charge on any atom is -0.394 e. The average molecular weight is 580 g/mol. The Hall–Kier alpha value is -2.58. The van der Waals surface area contributed by atoms with Crippen LogP contribution in [-0.4, -0.2) is 85.3 Å². The highest BCUT2D eigenvalue weighted by Gasteiger charge is 2.74. The lowest BCUT2D eigenvalue weighted by Crippen LogP contribution is -2.59. The highest BCUT2D eigenvalue weighted by Crippen LogP contribution is 2.67. The molecular weight excluding hydrogens is 534 g/mol. The molecule has 3 heterocycles. The SMILES string of the molecule is C=CCN(Cc1ccccc1)C(=O)[C@@H]1[C@@H]2CCC3(S2)C(C(=O)N(CC=C)C2CCCCC2)N([C@@H](CC)CO)C(=O)[C@H]13. The number of thioether (sulfide) groups is 1. The molecule has 1 aliphatic carbocycles. The summed E-state index contributed by atoms with van der Waals surface area (Å²) in [6.45, 7) is 10.9. The van der Waals surface area contributed by atoms with Crippen molar-refractivity contribution >= 4 is 29.5 Å². The maximum Gasteiger partial charge on any atom is 0.247 e. The van der Waals surface area contributed by atoms with E-state index in [1.807, 2.05) is 47.1 Å². The number of carbonyl (C=O) groups is 3. The Labute approximate surface area is 249 Å². The first kappa shape index (κ1) is 29.9. The van der Waals surface area contributed by atoms with Crippen LogP contribution in [0.1, 0.15) is 63.9 Å². The summed E-state index contributed by atoms with van der Waals surface area (Å²) in [5, 5.41) is 10.4. The smallest absolute Gasteiger partial charge is 0.247 e. The number of aliphatic hydroxyl groups excluding tert-OH is 1. The fraction of sp³-hybridized carbons (Fsp3) is 0.606. The van der Waals surface area contributed by atoms with Crippen LogP contribution in [0.3, 0.4) is 0 Å². The molecule has 1 N–H and O–H groups in total. The molecule has 1 aromatic rings. The van der Waals surface area contributed by atoms with Gasteiger partial charge in [-0.3, -0.25) is 14.4 Å². The molecule has 3 saturated heterocycles. The molecule has 3 aliphatic heterocycles. The van der Waals surface area contributed by atoms with Gasteiger partial charge in [-0.05, 0) is 37.7 Å². The highest BCUT2D eigenvalue weighted by molar-refractivity contribution is 8.02. The zero-order valence-corrected chi connectivity index (χ0v) is 25.1. The van der Waals surface area contributed by atoms with Gasteiger partial charge in [-0.2, -0.15) is 0 Å². The Balaban J connectivity index is 1.52. The van der Waals surface area contributed by atoms with E-state index in [1.54, 1.807) is 28.8 Å². The van der Waals surface area contributed by atoms with Gasteiger partial charge in [-0.1, -0.05) is 68.7 Å². The van der Waals surface area contributed by atoms with Crippen molar-refractivity contribution < 1.29 is 19.5 Å². The van der Waals surface area contributed by atoms with Gasteiger partial charge in [0.2, 0.25) is 17.7 Å². The quantitative estimate of drug-likeness (QED) is 0.371. The van der Waals surface area contributed by atoms with E-state index in [9.17, 15) is 19.5 Å². The predicted octanol–water partition coefficient (Wildman–Crippen LogP) is 4.41. The van der Waals surface area contributed by atoms with Crippen LogP contribution in [0.2, 0.25) is 0 Å². The fourth-order valence-electron chi connectivity index (χ4n) is 7.97. The lowest BCUT2D eigenvalue weighted by molar-refractivity contribution is -0.148. The largest absolute Gasteiger partial charge is 0.394 e. The molecular formula is C33H45N3O4S. The molecule has 1 saturated carbocycles. The monoisotopic (exact) mass is 579 g/mol. The normalized spacial score (nSPS) is 29.7. The second-order valence-corrected chi connectivity index (χ2v) is 13.7. The molecule has 8 heteroatoms. The van der Waals surface area contributed by atoms with Gasteiger partial charge in [0.25, 0.3) is 0 Å². The number of hydrogen-bond donors (Lipinski definition) is 1. The van der Waals surface area contributed by atoms with Gasteiger partial charge >= 0.3 is 0 Å². The van der Waals surface area contributed by atoms with Crippen LogP contribution < -0.4 is 0 Å². The van der Waals surface area contributed by atoms with Gasteiger partial charge in [0.15, 0.2) is 0 Å². The molecule has 1 aromatic carbocycles. The van der Waals surface area contributed by atoms with Crippen molar-refractivity contribution in [1.82, 2.24) is 14.7 Å². The van der Waals surface area contributed by atoms with E-state index in [0.717, 1.165) is 44.1 Å². The van der Waals surface area contributed by atoms with E-state index in [1.165, 1.54) is 6.42 Å². The van der Waals surface area contributed by atoms with Crippen molar-refractivity contribution in [3.05, 3.63) is 61.2 Å². The van der Waals surface area contributed by atoms with Gasteiger partial charge in [-0.25, -0.2) is 0 Å². The number of benzene rings is 1. The van der Waals surface area contributed by atoms with Crippen molar-refractivity contribution in [3.63, 3.8) is 0 Å². The zero-order chi connectivity index (χ0) is 29.1. The molecule has 1 spiro atoms. The number of carbonyl (C=O) groups excluding carboxylic acids is 3. The first-order valence-corrected chi connectivity index (χ1v) is 16.3. The summed E-state index contributed by atoms with van der Waals surface area (Å²) in [5.74, 6) is -1.28. The van der Waals surface area contributed by atoms with Crippen LogP contribution in [0.4, 0.5) is 0 Å². The van der Waals surface area contributed by atoms with Gasteiger partial charge in [0.1, 0.15) is 6.04 Å². The molecule has 6 atom stereocenters. The highest BCUT2D eigenvalue weighted by atomic mass is 32.2. The minimum atomic E-state index is -0.686. The summed E-state index contributed by atoms with van der Waals surface area (Å²) in [7, 11) is 0. The van der Waals surface area contributed by atoms with E-state index in [4.69, 9.17) is 0 Å². The number of fused-ring (bicyclic) bond motifs is 1. The number of hydrogen-bond acceptors (Lipinski definition) is 5. The Kier molecular flexibility index (Phi) is 9.29. The van der Waals surface area contributed by atoms with Crippen molar-refractivity contribution in [2.24, 2.45) is 11.8 Å². The third kappa shape index (κ3) is 5.27. The fourth-order valence-corrected chi connectivity index (χ4v) is 10.2. The van der Waals surface area contributed by atoms with E-state index in [-0.39, 0.29) is 35.6 Å². The molecule has 2 bridgehead atoms. The van der Waals surface area contributed by atoms with Crippen molar-refractivity contribution in [2.75, 3.05) is 19.7 Å².